The van der Waals surface area contributed by atoms with Crippen molar-refractivity contribution in [2.24, 2.45) is 0 Å². The average molecular weight is 507 g/mol. The Kier molecular flexibility index (Phi) is 8.27. The Labute approximate surface area is 216 Å². The summed E-state index contributed by atoms with van der Waals surface area (Å²) < 4.78 is 11.0. The van der Waals surface area contributed by atoms with Crippen molar-refractivity contribution in [3.63, 3.8) is 0 Å². The summed E-state index contributed by atoms with van der Waals surface area (Å²) in [5.74, 6) is 1.84. The highest BCUT2D eigenvalue weighted by Crippen LogP contribution is 2.25. The minimum atomic E-state index is -0.684. The van der Waals surface area contributed by atoms with Gasteiger partial charge in [0.15, 0.2) is 12.2 Å². The van der Waals surface area contributed by atoms with E-state index >= 15 is 0 Å². The Balaban J connectivity index is 1.07. The molecule has 3 aromatic rings. The number of nitrogens with zero attached hydrogens (tertiary/aromatic N) is 4. The quantitative estimate of drug-likeness (QED) is 0.380. The molecule has 1 atom stereocenters. The van der Waals surface area contributed by atoms with Crippen LogP contribution in [0.25, 0.3) is 0 Å². The number of rotatable bonds is 10. The van der Waals surface area contributed by atoms with Gasteiger partial charge in [0.25, 0.3) is 5.91 Å². The van der Waals surface area contributed by atoms with Crippen LogP contribution in [-0.2, 0) is 19.6 Å². The molecule has 196 valence electrons. The van der Waals surface area contributed by atoms with Crippen LogP contribution in [0.3, 0.4) is 0 Å². The molecule has 5 rings (SSSR count). The van der Waals surface area contributed by atoms with Crippen molar-refractivity contribution in [1.82, 2.24) is 25.2 Å². The van der Waals surface area contributed by atoms with Crippen molar-refractivity contribution in [1.29, 1.82) is 0 Å². The molecule has 2 aromatic heterocycles. The normalized spacial score (nSPS) is 17.1. The lowest BCUT2D eigenvalue weighted by atomic mass is 9.95. The first-order valence-corrected chi connectivity index (χ1v) is 13.0. The first-order chi connectivity index (χ1) is 18.1. The topological polar surface area (TPSA) is 126 Å². The van der Waals surface area contributed by atoms with E-state index in [9.17, 15) is 9.90 Å². The minimum absolute atomic E-state index is 0.159. The van der Waals surface area contributed by atoms with Gasteiger partial charge in [0.05, 0.1) is 12.3 Å². The summed E-state index contributed by atoms with van der Waals surface area (Å²) in [5.41, 5.74) is 2.76. The molecular formula is C27H34N6O4. The molecule has 0 bridgehead atoms. The molecule has 1 aromatic carbocycles. The maximum Gasteiger partial charge on any atom is 0.270 e. The number of hydrogen-bond acceptors (Lipinski definition) is 9. The van der Waals surface area contributed by atoms with E-state index in [2.05, 4.69) is 42.6 Å². The van der Waals surface area contributed by atoms with E-state index in [-0.39, 0.29) is 12.5 Å². The summed E-state index contributed by atoms with van der Waals surface area (Å²) in [7, 11) is 0. The SMILES string of the molecule is O=C(NCC(O)CN1CCc2cc(OCc3cnco3)ccc2C1)c1cc(NC2CCCCC2)ncn1. The van der Waals surface area contributed by atoms with E-state index in [1.54, 1.807) is 12.3 Å². The number of fused-ring (bicyclic) bond motifs is 1. The second-order valence-corrected chi connectivity index (χ2v) is 9.80. The van der Waals surface area contributed by atoms with Crippen LogP contribution in [0.15, 0.2) is 47.6 Å². The van der Waals surface area contributed by atoms with Crippen LogP contribution in [-0.4, -0.2) is 62.6 Å². The van der Waals surface area contributed by atoms with Crippen LogP contribution in [0.4, 0.5) is 5.82 Å². The van der Waals surface area contributed by atoms with Crippen LogP contribution >= 0.6 is 0 Å². The van der Waals surface area contributed by atoms with E-state index in [1.807, 2.05) is 6.07 Å². The number of nitrogens with one attached hydrogen (secondary N) is 2. The Hall–Kier alpha value is -3.50. The van der Waals surface area contributed by atoms with Crippen LogP contribution < -0.4 is 15.4 Å². The molecule has 1 amide bonds. The number of benzene rings is 1. The molecule has 1 aliphatic heterocycles. The fourth-order valence-electron chi connectivity index (χ4n) is 4.98. The predicted octanol–water partition coefficient (Wildman–Crippen LogP) is 2.94. The van der Waals surface area contributed by atoms with Crippen LogP contribution in [0, 0.1) is 0 Å². The number of carbonyl (C=O) groups is 1. The lowest BCUT2D eigenvalue weighted by molar-refractivity contribution is 0.0838. The molecule has 1 aliphatic carbocycles. The zero-order valence-electron chi connectivity index (χ0n) is 20.9. The third-order valence-corrected chi connectivity index (χ3v) is 6.96. The fourth-order valence-corrected chi connectivity index (χ4v) is 4.98. The maximum absolute atomic E-state index is 12.6. The van der Waals surface area contributed by atoms with Gasteiger partial charge < -0.3 is 24.9 Å². The summed E-state index contributed by atoms with van der Waals surface area (Å²) in [5, 5.41) is 16.8. The van der Waals surface area contributed by atoms with Gasteiger partial charge in [-0.15, -0.1) is 0 Å². The number of carbonyl (C=O) groups excluding carboxylic acids is 1. The predicted molar refractivity (Wildman–Crippen MR) is 137 cm³/mol. The van der Waals surface area contributed by atoms with E-state index in [1.165, 1.54) is 43.1 Å². The van der Waals surface area contributed by atoms with E-state index in [4.69, 9.17) is 9.15 Å². The highest BCUT2D eigenvalue weighted by molar-refractivity contribution is 5.92. The first-order valence-electron chi connectivity index (χ1n) is 13.0. The fraction of sp³-hybridized carbons (Fsp3) is 0.481. The molecule has 10 heteroatoms. The van der Waals surface area contributed by atoms with Gasteiger partial charge >= 0.3 is 0 Å². The maximum atomic E-state index is 12.6. The van der Waals surface area contributed by atoms with Gasteiger partial charge in [-0.1, -0.05) is 25.3 Å². The summed E-state index contributed by atoms with van der Waals surface area (Å²) in [6.45, 7) is 2.54. The Morgan fingerprint density at radius 2 is 2.08 bits per heavy atom. The van der Waals surface area contributed by atoms with Gasteiger partial charge in [0.2, 0.25) is 0 Å². The van der Waals surface area contributed by atoms with Crippen molar-refractivity contribution in [2.75, 3.05) is 25.0 Å². The molecule has 0 saturated heterocycles. The van der Waals surface area contributed by atoms with Crippen molar-refractivity contribution in [3.8, 4) is 5.75 Å². The molecule has 1 unspecified atom stereocenters. The second-order valence-electron chi connectivity index (χ2n) is 9.80. The zero-order valence-corrected chi connectivity index (χ0v) is 20.9. The molecule has 1 saturated carbocycles. The number of aliphatic hydroxyl groups is 1. The smallest absolute Gasteiger partial charge is 0.270 e. The lowest BCUT2D eigenvalue weighted by Crippen LogP contribution is -2.42. The second kappa shape index (κ2) is 12.2. The Bertz CT molecular complexity index is 1170. The minimum Gasteiger partial charge on any atom is -0.486 e. The third-order valence-electron chi connectivity index (χ3n) is 6.96. The molecule has 0 spiro atoms. The van der Waals surface area contributed by atoms with Gasteiger partial charge in [0.1, 0.15) is 30.2 Å². The molecule has 0 radical (unpaired) electrons. The van der Waals surface area contributed by atoms with Crippen molar-refractivity contribution >= 4 is 11.7 Å². The summed E-state index contributed by atoms with van der Waals surface area (Å²) in [6.07, 6.45) is 10.6. The van der Waals surface area contributed by atoms with Gasteiger partial charge in [-0.25, -0.2) is 15.0 Å². The molecule has 3 N–H and O–H groups in total. The van der Waals surface area contributed by atoms with Crippen molar-refractivity contribution in [3.05, 3.63) is 65.8 Å². The van der Waals surface area contributed by atoms with E-state index in [0.717, 1.165) is 38.1 Å². The van der Waals surface area contributed by atoms with Crippen LogP contribution in [0.1, 0.15) is 59.5 Å². The monoisotopic (exact) mass is 506 g/mol. The Morgan fingerprint density at radius 3 is 2.92 bits per heavy atom. The van der Waals surface area contributed by atoms with Gasteiger partial charge in [-0.2, -0.15) is 0 Å². The molecular weight excluding hydrogens is 472 g/mol. The number of oxazole rings is 1. The standard InChI is InChI=1S/C27H34N6O4/c34-22(12-29-27(35)25-11-26(31-17-30-25)32-21-4-2-1-3-5-21)15-33-9-8-19-10-23(7-6-20(19)14-33)36-16-24-13-28-18-37-24/h6-7,10-11,13,17-18,21-22,34H,1-5,8-9,12,14-16H2,(H,29,35)(H,30,31,32). The third kappa shape index (κ3) is 7.05. The molecule has 10 nitrogen and oxygen atoms in total. The first kappa shape index (κ1) is 25.2. The number of hydrogen-bond donors (Lipinski definition) is 3. The summed E-state index contributed by atoms with van der Waals surface area (Å²) >= 11 is 0. The van der Waals surface area contributed by atoms with Crippen molar-refractivity contribution < 1.29 is 19.1 Å². The average Bonchev–Trinajstić information content (AvgIpc) is 3.45. The van der Waals surface area contributed by atoms with Crippen LogP contribution in [0.2, 0.25) is 0 Å². The summed E-state index contributed by atoms with van der Waals surface area (Å²) in [4.78, 5) is 27.1. The number of ether oxygens (including phenoxy) is 1. The van der Waals surface area contributed by atoms with E-state index < -0.39 is 6.10 Å². The van der Waals surface area contributed by atoms with Crippen LogP contribution in [0.5, 0.6) is 5.75 Å². The number of aliphatic hydroxyl groups excluding tert-OH is 1. The molecule has 1 fully saturated rings. The Morgan fingerprint density at radius 1 is 1.19 bits per heavy atom. The number of β-amino-alcohol motifs (C(OH)–C–C–N with tert-alkyl or cyclic N) is 1. The highest BCUT2D eigenvalue weighted by Gasteiger charge is 2.21. The van der Waals surface area contributed by atoms with Crippen molar-refractivity contribution in [2.45, 2.75) is 63.8 Å². The lowest BCUT2D eigenvalue weighted by Gasteiger charge is -2.30. The molecule has 2 aliphatic rings. The zero-order chi connectivity index (χ0) is 25.5. The van der Waals surface area contributed by atoms with Gasteiger partial charge in [-0.3, -0.25) is 9.69 Å². The molecule has 37 heavy (non-hydrogen) atoms. The number of aromatic nitrogens is 3. The van der Waals surface area contributed by atoms with E-state index in [0.29, 0.717) is 36.5 Å². The molecule has 3 heterocycles. The van der Waals surface area contributed by atoms with Gasteiger partial charge in [0, 0.05) is 38.3 Å². The van der Waals surface area contributed by atoms with Gasteiger partial charge in [-0.05, 0) is 42.5 Å². The highest BCUT2D eigenvalue weighted by atomic mass is 16.5. The number of anilines is 1. The number of amides is 1. The largest absolute Gasteiger partial charge is 0.486 e. The summed E-state index contributed by atoms with van der Waals surface area (Å²) in [6, 6.07) is 8.17.